The SMILES string of the molecule is CCCCCCCCC=CCCCCCCC(C=CS(=O)Cc1ccc(F)cc1)S(=O)[O-]. The molecule has 1 aromatic rings. The van der Waals surface area contributed by atoms with Crippen molar-refractivity contribution in [3.05, 3.63) is 59.3 Å². The molecule has 0 aliphatic carbocycles. The monoisotopic (exact) mass is 483 g/mol. The number of halogens is 1. The van der Waals surface area contributed by atoms with Gasteiger partial charge in [-0.1, -0.05) is 88.7 Å². The first-order valence-electron chi connectivity index (χ1n) is 12.1. The molecule has 0 saturated heterocycles. The molecule has 0 radical (unpaired) electrons. The molecular weight excluding hydrogens is 443 g/mol. The molecule has 0 fully saturated rings. The van der Waals surface area contributed by atoms with E-state index < -0.39 is 27.1 Å². The van der Waals surface area contributed by atoms with Gasteiger partial charge in [0.2, 0.25) is 0 Å². The van der Waals surface area contributed by atoms with Gasteiger partial charge in [-0.2, -0.15) is 0 Å². The Kier molecular flexibility index (Phi) is 17.5. The van der Waals surface area contributed by atoms with Crippen LogP contribution in [0.4, 0.5) is 4.39 Å². The van der Waals surface area contributed by atoms with E-state index in [1.807, 2.05) is 0 Å². The van der Waals surface area contributed by atoms with Crippen molar-refractivity contribution >= 4 is 21.9 Å². The summed E-state index contributed by atoms with van der Waals surface area (Å²) in [5.41, 5.74) is 0.759. The van der Waals surface area contributed by atoms with Gasteiger partial charge in [0.05, 0.1) is 5.75 Å². The van der Waals surface area contributed by atoms with E-state index in [-0.39, 0.29) is 11.6 Å². The van der Waals surface area contributed by atoms with Gasteiger partial charge in [-0.25, -0.2) is 4.39 Å². The van der Waals surface area contributed by atoms with Gasteiger partial charge >= 0.3 is 0 Å². The third-order valence-corrected chi connectivity index (χ3v) is 7.38. The Labute approximate surface area is 199 Å². The number of hydrogen-bond donors (Lipinski definition) is 0. The molecule has 32 heavy (non-hydrogen) atoms. The highest BCUT2D eigenvalue weighted by Crippen LogP contribution is 2.14. The number of allylic oxidation sites excluding steroid dienone is 2. The van der Waals surface area contributed by atoms with Crippen LogP contribution >= 0.6 is 0 Å². The van der Waals surface area contributed by atoms with E-state index >= 15 is 0 Å². The van der Waals surface area contributed by atoms with Crippen LogP contribution in [0.15, 0.2) is 47.9 Å². The minimum absolute atomic E-state index is 0.251. The lowest BCUT2D eigenvalue weighted by molar-refractivity contribution is 0.520. The van der Waals surface area contributed by atoms with Gasteiger partial charge in [0, 0.05) is 16.0 Å². The summed E-state index contributed by atoms with van der Waals surface area (Å²) < 4.78 is 48.0. The van der Waals surface area contributed by atoms with Gasteiger partial charge in [-0.05, 0) is 66.3 Å². The molecule has 0 N–H and O–H groups in total. The van der Waals surface area contributed by atoms with Gasteiger partial charge < -0.3 is 4.55 Å². The van der Waals surface area contributed by atoms with E-state index in [9.17, 15) is 17.4 Å². The molecule has 3 atom stereocenters. The van der Waals surface area contributed by atoms with Crippen molar-refractivity contribution in [1.82, 2.24) is 0 Å². The molecule has 1 aromatic carbocycles. The zero-order valence-electron chi connectivity index (χ0n) is 19.5. The molecule has 0 aliphatic heterocycles. The lowest BCUT2D eigenvalue weighted by Gasteiger charge is -2.15. The summed E-state index contributed by atoms with van der Waals surface area (Å²) in [7, 11) is -1.32. The molecule has 0 amide bonds. The van der Waals surface area contributed by atoms with Crippen LogP contribution in [0, 0.1) is 5.82 Å². The Bertz CT molecular complexity index is 702. The fraction of sp³-hybridized carbons (Fsp3) is 0.615. The number of unbranched alkanes of at least 4 members (excludes halogenated alkanes) is 10. The Morgan fingerprint density at radius 3 is 2.03 bits per heavy atom. The summed E-state index contributed by atoms with van der Waals surface area (Å²) in [6.07, 6.45) is 21.0. The summed E-state index contributed by atoms with van der Waals surface area (Å²) in [5.74, 6) is -0.0810. The van der Waals surface area contributed by atoms with Crippen LogP contribution in [0.25, 0.3) is 0 Å². The van der Waals surface area contributed by atoms with E-state index in [2.05, 4.69) is 19.1 Å². The maximum Gasteiger partial charge on any atom is 0.123 e. The van der Waals surface area contributed by atoms with Crippen molar-refractivity contribution in [3.8, 4) is 0 Å². The van der Waals surface area contributed by atoms with E-state index in [1.165, 1.54) is 68.6 Å². The first kappa shape index (κ1) is 28.9. The quantitative estimate of drug-likeness (QED) is 0.116. The Hall–Kier alpha value is -1.11. The number of rotatable bonds is 19. The average molecular weight is 484 g/mol. The van der Waals surface area contributed by atoms with E-state index in [4.69, 9.17) is 0 Å². The van der Waals surface area contributed by atoms with Crippen molar-refractivity contribution in [1.29, 1.82) is 0 Å². The normalized spacial score (nSPS) is 14.8. The topological polar surface area (TPSA) is 57.2 Å². The fourth-order valence-electron chi connectivity index (χ4n) is 3.46. The van der Waals surface area contributed by atoms with Crippen LogP contribution in [-0.2, 0) is 27.6 Å². The van der Waals surface area contributed by atoms with Gasteiger partial charge in [0.1, 0.15) is 5.82 Å². The molecule has 0 saturated carbocycles. The van der Waals surface area contributed by atoms with Crippen molar-refractivity contribution in [2.75, 3.05) is 0 Å². The van der Waals surface area contributed by atoms with E-state index in [0.29, 0.717) is 6.42 Å². The molecule has 0 heterocycles. The van der Waals surface area contributed by atoms with Gasteiger partial charge in [-0.3, -0.25) is 8.42 Å². The summed E-state index contributed by atoms with van der Waals surface area (Å²) in [5, 5.41) is 0.850. The van der Waals surface area contributed by atoms with Crippen LogP contribution in [0.1, 0.15) is 96.0 Å². The largest absolute Gasteiger partial charge is 0.772 e. The third-order valence-electron chi connectivity index (χ3n) is 5.41. The zero-order valence-corrected chi connectivity index (χ0v) is 21.1. The highest BCUT2D eigenvalue weighted by atomic mass is 32.2. The summed E-state index contributed by atoms with van der Waals surface area (Å²) in [4.78, 5) is 0. The molecule has 0 aromatic heterocycles. The molecule has 182 valence electrons. The molecule has 6 heteroatoms. The van der Waals surface area contributed by atoms with Crippen molar-refractivity contribution in [2.24, 2.45) is 0 Å². The van der Waals surface area contributed by atoms with Crippen molar-refractivity contribution in [3.63, 3.8) is 0 Å². The maximum atomic E-state index is 12.9. The molecule has 0 spiro atoms. The molecule has 0 aliphatic rings. The second-order valence-electron chi connectivity index (χ2n) is 8.30. The Balaban J connectivity index is 2.12. The first-order chi connectivity index (χ1) is 15.5. The fourth-order valence-corrected chi connectivity index (χ4v) is 5.11. The Morgan fingerprint density at radius 2 is 1.44 bits per heavy atom. The standard InChI is InChI=1S/C26H41FO3S2/c1-2-3-4-5-6-7-8-9-10-11-12-13-14-15-16-26(32(29)30)21-22-31(28)23-24-17-19-25(27)20-18-24/h9-10,17-22,26H,2-8,11-16,23H2,1H3,(H,29,30)/p-1. The summed E-state index contributed by atoms with van der Waals surface area (Å²) in [6, 6.07) is 5.84. The van der Waals surface area contributed by atoms with Gasteiger partial charge in [-0.15, -0.1) is 0 Å². The molecular formula is C26H40FO3S2-. The highest BCUT2D eigenvalue weighted by molar-refractivity contribution is 7.87. The lowest BCUT2D eigenvalue weighted by atomic mass is 10.1. The van der Waals surface area contributed by atoms with E-state index in [1.54, 1.807) is 12.1 Å². The Morgan fingerprint density at radius 1 is 0.875 bits per heavy atom. The molecule has 0 bridgehead atoms. The lowest BCUT2D eigenvalue weighted by Crippen LogP contribution is -2.12. The van der Waals surface area contributed by atoms with Crippen LogP contribution in [-0.4, -0.2) is 18.2 Å². The van der Waals surface area contributed by atoms with Crippen LogP contribution < -0.4 is 0 Å². The van der Waals surface area contributed by atoms with E-state index in [0.717, 1.165) is 37.7 Å². The minimum atomic E-state index is -2.22. The smallest absolute Gasteiger partial charge is 0.123 e. The summed E-state index contributed by atoms with van der Waals surface area (Å²) >= 11 is -2.22. The van der Waals surface area contributed by atoms with Crippen molar-refractivity contribution < 1.29 is 17.4 Å². The van der Waals surface area contributed by atoms with Gasteiger partial charge in [0.15, 0.2) is 0 Å². The van der Waals surface area contributed by atoms with Crippen LogP contribution in [0.2, 0.25) is 0 Å². The third kappa shape index (κ3) is 15.7. The average Bonchev–Trinajstić information content (AvgIpc) is 2.77. The molecule has 1 rings (SSSR count). The predicted octanol–water partition coefficient (Wildman–Crippen LogP) is 7.48. The van der Waals surface area contributed by atoms with Crippen molar-refractivity contribution in [2.45, 2.75) is 101 Å². The summed E-state index contributed by atoms with van der Waals surface area (Å²) in [6.45, 7) is 2.24. The minimum Gasteiger partial charge on any atom is -0.772 e. The number of benzene rings is 1. The predicted molar refractivity (Wildman–Crippen MR) is 135 cm³/mol. The zero-order chi connectivity index (χ0) is 23.4. The highest BCUT2D eigenvalue weighted by Gasteiger charge is 2.06. The molecule has 3 unspecified atom stereocenters. The number of hydrogen-bond acceptors (Lipinski definition) is 3. The second-order valence-corrected chi connectivity index (χ2v) is 10.7. The second kappa shape index (κ2) is 19.4. The van der Waals surface area contributed by atoms with Gasteiger partial charge in [0.25, 0.3) is 0 Å². The molecule has 3 nitrogen and oxygen atoms in total. The maximum absolute atomic E-state index is 12.9. The van der Waals surface area contributed by atoms with Crippen LogP contribution in [0.3, 0.4) is 0 Å². The first-order valence-corrected chi connectivity index (χ1v) is 14.6. The van der Waals surface area contributed by atoms with Crippen LogP contribution in [0.5, 0.6) is 0 Å².